The lowest BCUT2D eigenvalue weighted by Gasteiger charge is -2.15. The molecule has 1 heterocycles. The van der Waals surface area contributed by atoms with E-state index in [0.717, 1.165) is 20.9 Å². The lowest BCUT2D eigenvalue weighted by molar-refractivity contribution is 0.0525. The lowest BCUT2D eigenvalue weighted by Crippen LogP contribution is -2.12. The molecule has 0 atom stereocenters. The maximum atomic E-state index is 12.9. The molecule has 4 rings (SSSR count). The van der Waals surface area contributed by atoms with Crippen LogP contribution in [0.1, 0.15) is 23.0 Å². The Morgan fingerprint density at radius 2 is 1.62 bits per heavy atom. The number of aromatic nitrogens is 2. The largest absolute Gasteiger partial charge is 0.462 e. The van der Waals surface area contributed by atoms with Gasteiger partial charge in [0.05, 0.1) is 18.0 Å². The molecule has 0 aliphatic carbocycles. The van der Waals surface area contributed by atoms with Gasteiger partial charge in [-0.25, -0.2) is 14.8 Å². The average Bonchev–Trinajstić information content (AvgIpc) is 2.81. The van der Waals surface area contributed by atoms with Crippen LogP contribution in [0.15, 0.2) is 88.7 Å². The van der Waals surface area contributed by atoms with E-state index in [4.69, 9.17) is 21.3 Å². The molecule has 0 saturated heterocycles. The molecule has 0 fully saturated rings. The fraction of sp³-hybridized carbons (Fsp3) is 0.115. The van der Waals surface area contributed by atoms with Gasteiger partial charge in [-0.05, 0) is 44.2 Å². The van der Waals surface area contributed by atoms with Crippen LogP contribution in [0, 0.1) is 6.92 Å². The number of halogens is 1. The Hall–Kier alpha value is -3.15. The molecule has 0 bridgehead atoms. The fourth-order valence-corrected chi connectivity index (χ4v) is 4.39. The summed E-state index contributed by atoms with van der Waals surface area (Å²) in [5.74, 6) is 0.142. The fourth-order valence-electron chi connectivity index (χ4n) is 3.31. The van der Waals surface area contributed by atoms with Crippen molar-refractivity contribution in [2.24, 2.45) is 0 Å². The second-order valence-corrected chi connectivity index (χ2v) is 8.55. The molecule has 0 spiro atoms. The summed E-state index contributed by atoms with van der Waals surface area (Å²) in [6.07, 6.45) is 0. The van der Waals surface area contributed by atoms with Crippen LogP contribution in [0.4, 0.5) is 0 Å². The Bertz CT molecular complexity index is 1240. The zero-order valence-corrected chi connectivity index (χ0v) is 19.3. The second kappa shape index (κ2) is 9.98. The van der Waals surface area contributed by atoms with E-state index in [2.05, 4.69) is 4.98 Å². The van der Waals surface area contributed by atoms with E-state index >= 15 is 0 Å². The number of ether oxygens (including phenoxy) is 1. The van der Waals surface area contributed by atoms with Crippen LogP contribution < -0.4 is 0 Å². The van der Waals surface area contributed by atoms with E-state index in [0.29, 0.717) is 27.8 Å². The third kappa shape index (κ3) is 4.85. The number of carbonyl (C=O) groups is 1. The van der Waals surface area contributed by atoms with Gasteiger partial charge in [0.2, 0.25) is 0 Å². The molecule has 4 nitrogen and oxygen atoms in total. The number of aryl methyl sites for hydroxylation is 1. The highest BCUT2D eigenvalue weighted by molar-refractivity contribution is 7.99. The van der Waals surface area contributed by atoms with Gasteiger partial charge in [-0.3, -0.25) is 0 Å². The quantitative estimate of drug-likeness (QED) is 0.287. The summed E-state index contributed by atoms with van der Waals surface area (Å²) >= 11 is 7.63. The van der Waals surface area contributed by atoms with E-state index in [9.17, 15) is 4.79 Å². The highest BCUT2D eigenvalue weighted by atomic mass is 35.5. The smallest absolute Gasteiger partial charge is 0.342 e. The standard InChI is InChI=1S/C26H21ClN2O2S/c1-3-31-26(30)23-17(2)28-25(18-9-5-4-6-10-18)29-24(23)21-11-7-8-12-22(21)32-20-15-13-19(27)14-16-20/h4-16H,3H2,1-2H3. The van der Waals surface area contributed by atoms with Crippen molar-refractivity contribution in [2.45, 2.75) is 23.6 Å². The predicted octanol–water partition coefficient (Wildman–Crippen LogP) is 7.10. The number of esters is 1. The third-order valence-corrected chi connectivity index (χ3v) is 6.12. The van der Waals surface area contributed by atoms with Gasteiger partial charge >= 0.3 is 5.97 Å². The molecule has 4 aromatic rings. The van der Waals surface area contributed by atoms with Crippen molar-refractivity contribution in [3.8, 4) is 22.6 Å². The SMILES string of the molecule is CCOC(=O)c1c(C)nc(-c2ccccc2)nc1-c1ccccc1Sc1ccc(Cl)cc1. The first kappa shape index (κ1) is 22.1. The minimum absolute atomic E-state index is 0.277. The second-order valence-electron chi connectivity index (χ2n) is 6.99. The van der Waals surface area contributed by atoms with Gasteiger partial charge in [0, 0.05) is 25.9 Å². The molecule has 160 valence electrons. The normalized spacial score (nSPS) is 10.7. The van der Waals surface area contributed by atoms with Crippen LogP contribution in [-0.2, 0) is 4.74 Å². The van der Waals surface area contributed by atoms with Crippen LogP contribution in [0.3, 0.4) is 0 Å². The Balaban J connectivity index is 1.89. The van der Waals surface area contributed by atoms with Crippen molar-refractivity contribution >= 4 is 29.3 Å². The molecule has 0 unspecified atom stereocenters. The van der Waals surface area contributed by atoms with Gasteiger partial charge in [-0.2, -0.15) is 0 Å². The summed E-state index contributed by atoms with van der Waals surface area (Å²) in [5, 5.41) is 0.686. The molecule has 0 amide bonds. The first-order valence-electron chi connectivity index (χ1n) is 10.2. The summed E-state index contributed by atoms with van der Waals surface area (Å²) < 4.78 is 5.35. The van der Waals surface area contributed by atoms with E-state index in [1.165, 1.54) is 0 Å². The van der Waals surface area contributed by atoms with Gasteiger partial charge in [-0.15, -0.1) is 0 Å². The molecule has 0 radical (unpaired) electrons. The number of hydrogen-bond donors (Lipinski definition) is 0. The van der Waals surface area contributed by atoms with Crippen LogP contribution in [0.2, 0.25) is 5.02 Å². The number of carbonyl (C=O) groups excluding carboxylic acids is 1. The van der Waals surface area contributed by atoms with Crippen LogP contribution >= 0.6 is 23.4 Å². The molecule has 32 heavy (non-hydrogen) atoms. The first-order chi connectivity index (χ1) is 15.6. The molecule has 0 aliphatic heterocycles. The van der Waals surface area contributed by atoms with Gasteiger partial charge < -0.3 is 4.74 Å². The predicted molar refractivity (Wildman–Crippen MR) is 129 cm³/mol. The minimum atomic E-state index is -0.425. The Morgan fingerprint density at radius 3 is 2.34 bits per heavy atom. The molecule has 0 N–H and O–H groups in total. The van der Waals surface area contributed by atoms with Gasteiger partial charge in [-0.1, -0.05) is 71.9 Å². The van der Waals surface area contributed by atoms with Crippen molar-refractivity contribution in [2.75, 3.05) is 6.61 Å². The zero-order chi connectivity index (χ0) is 22.5. The number of benzene rings is 3. The van der Waals surface area contributed by atoms with E-state index in [1.807, 2.05) is 85.8 Å². The van der Waals surface area contributed by atoms with Crippen molar-refractivity contribution in [1.29, 1.82) is 0 Å². The van der Waals surface area contributed by atoms with Gasteiger partial charge in [0.25, 0.3) is 0 Å². The minimum Gasteiger partial charge on any atom is -0.462 e. The molecule has 3 aromatic carbocycles. The lowest BCUT2D eigenvalue weighted by atomic mass is 10.0. The van der Waals surface area contributed by atoms with Crippen LogP contribution in [-0.4, -0.2) is 22.5 Å². The van der Waals surface area contributed by atoms with Crippen molar-refractivity contribution < 1.29 is 9.53 Å². The molecule has 1 aromatic heterocycles. The summed E-state index contributed by atoms with van der Waals surface area (Å²) in [5.41, 5.74) is 3.26. The van der Waals surface area contributed by atoms with Crippen molar-refractivity contribution in [1.82, 2.24) is 9.97 Å². The molecular formula is C26H21ClN2O2S. The topological polar surface area (TPSA) is 52.1 Å². The monoisotopic (exact) mass is 460 g/mol. The molecule has 0 aliphatic rings. The van der Waals surface area contributed by atoms with Crippen LogP contribution in [0.25, 0.3) is 22.6 Å². The summed E-state index contributed by atoms with van der Waals surface area (Å²) in [6.45, 7) is 3.88. The summed E-state index contributed by atoms with van der Waals surface area (Å²) in [4.78, 5) is 24.4. The zero-order valence-electron chi connectivity index (χ0n) is 17.7. The first-order valence-corrected chi connectivity index (χ1v) is 11.4. The highest BCUT2D eigenvalue weighted by Crippen LogP contribution is 2.38. The van der Waals surface area contributed by atoms with Crippen molar-refractivity contribution in [3.05, 3.63) is 95.1 Å². The highest BCUT2D eigenvalue weighted by Gasteiger charge is 2.23. The molecule has 6 heteroatoms. The maximum absolute atomic E-state index is 12.9. The third-order valence-electron chi connectivity index (χ3n) is 4.79. The molecular weight excluding hydrogens is 440 g/mol. The Morgan fingerprint density at radius 1 is 0.938 bits per heavy atom. The average molecular weight is 461 g/mol. The number of rotatable bonds is 6. The Labute approximate surface area is 196 Å². The summed E-state index contributed by atoms with van der Waals surface area (Å²) in [7, 11) is 0. The van der Waals surface area contributed by atoms with Gasteiger partial charge in [0.1, 0.15) is 5.56 Å². The van der Waals surface area contributed by atoms with Crippen LogP contribution in [0.5, 0.6) is 0 Å². The maximum Gasteiger partial charge on any atom is 0.342 e. The van der Waals surface area contributed by atoms with Crippen molar-refractivity contribution in [3.63, 3.8) is 0 Å². The number of hydrogen-bond acceptors (Lipinski definition) is 5. The number of nitrogens with zero attached hydrogens (tertiary/aromatic N) is 2. The molecule has 0 saturated carbocycles. The summed E-state index contributed by atoms with van der Waals surface area (Å²) in [6, 6.07) is 25.3. The van der Waals surface area contributed by atoms with E-state index < -0.39 is 5.97 Å². The van der Waals surface area contributed by atoms with Gasteiger partial charge in [0.15, 0.2) is 5.82 Å². The van der Waals surface area contributed by atoms with E-state index in [1.54, 1.807) is 18.7 Å². The Kier molecular flexibility index (Phi) is 6.88. The van der Waals surface area contributed by atoms with E-state index in [-0.39, 0.29) is 6.61 Å².